The van der Waals surface area contributed by atoms with Crippen molar-refractivity contribution in [2.24, 2.45) is 0 Å². The Morgan fingerprint density at radius 3 is 2.33 bits per heavy atom. The lowest BCUT2D eigenvalue weighted by molar-refractivity contribution is -0.132. The van der Waals surface area contributed by atoms with E-state index in [1.54, 1.807) is 13.0 Å². The number of nitrogens with one attached hydrogen (secondary N) is 1. The van der Waals surface area contributed by atoms with Crippen LogP contribution in [0.2, 0.25) is 0 Å². The number of aliphatic carboxylic acids is 1. The predicted molar refractivity (Wildman–Crippen MR) is 75.2 cm³/mol. The van der Waals surface area contributed by atoms with Crippen LogP contribution in [0.1, 0.15) is 26.0 Å². The Morgan fingerprint density at radius 1 is 1.56 bits per heavy atom. The maximum Gasteiger partial charge on any atom is 0.333 e. The Morgan fingerprint density at radius 2 is 2.17 bits per heavy atom. The molecule has 100 valence electrons. The molecule has 0 aliphatic heterocycles. The van der Waals surface area contributed by atoms with Crippen molar-refractivity contribution >= 4 is 12.0 Å². The van der Waals surface area contributed by atoms with Crippen molar-refractivity contribution in [2.75, 3.05) is 14.1 Å². The number of nitrogens with zero attached hydrogens (tertiary/aromatic N) is 1. The molecule has 0 radical (unpaired) electrons. The molecule has 4 nitrogen and oxygen atoms in total. The summed E-state index contributed by atoms with van der Waals surface area (Å²) in [7, 11) is 3.70. The average molecular weight is 250 g/mol. The summed E-state index contributed by atoms with van der Waals surface area (Å²) in [5.41, 5.74) is 2.37. The van der Waals surface area contributed by atoms with Gasteiger partial charge in [-0.3, -0.25) is 0 Å². The summed E-state index contributed by atoms with van der Waals surface area (Å²) >= 11 is 0. The monoisotopic (exact) mass is 250 g/mol. The SMILES string of the molecule is C=Cc1ccc[nH]1.CCC(=C(C)C(=O)O)N(C)C. The summed E-state index contributed by atoms with van der Waals surface area (Å²) in [5, 5.41) is 8.65. The number of hydrogen-bond donors (Lipinski definition) is 2. The van der Waals surface area contributed by atoms with Crippen molar-refractivity contribution in [3.05, 3.63) is 41.9 Å². The van der Waals surface area contributed by atoms with Gasteiger partial charge in [0.05, 0.1) is 5.57 Å². The zero-order valence-corrected chi connectivity index (χ0v) is 11.5. The summed E-state index contributed by atoms with van der Waals surface area (Å²) in [6.45, 7) is 7.14. The average Bonchev–Trinajstić information content (AvgIpc) is 2.82. The fourth-order valence-electron chi connectivity index (χ4n) is 1.51. The zero-order valence-electron chi connectivity index (χ0n) is 11.5. The number of aromatic amines is 1. The van der Waals surface area contributed by atoms with E-state index < -0.39 is 5.97 Å². The highest BCUT2D eigenvalue weighted by Gasteiger charge is 2.08. The first-order valence-electron chi connectivity index (χ1n) is 5.80. The highest BCUT2D eigenvalue weighted by atomic mass is 16.4. The molecule has 0 spiro atoms. The molecule has 1 rings (SSSR count). The number of carboxylic acids is 1. The van der Waals surface area contributed by atoms with Crippen LogP contribution in [0.5, 0.6) is 0 Å². The topological polar surface area (TPSA) is 56.3 Å². The van der Waals surface area contributed by atoms with E-state index in [-0.39, 0.29) is 0 Å². The van der Waals surface area contributed by atoms with Gasteiger partial charge in [-0.2, -0.15) is 0 Å². The van der Waals surface area contributed by atoms with Crippen LogP contribution in [0.25, 0.3) is 6.08 Å². The van der Waals surface area contributed by atoms with Crippen molar-refractivity contribution in [3.8, 4) is 0 Å². The molecule has 1 aromatic heterocycles. The molecular weight excluding hydrogens is 228 g/mol. The van der Waals surface area contributed by atoms with Crippen LogP contribution in [-0.4, -0.2) is 35.1 Å². The number of H-pyrrole nitrogens is 1. The van der Waals surface area contributed by atoms with Crippen LogP contribution in [-0.2, 0) is 4.79 Å². The molecule has 0 unspecified atom stereocenters. The van der Waals surface area contributed by atoms with Gasteiger partial charge in [0, 0.05) is 31.7 Å². The van der Waals surface area contributed by atoms with Gasteiger partial charge in [-0.15, -0.1) is 0 Å². The van der Waals surface area contributed by atoms with Crippen LogP contribution >= 0.6 is 0 Å². The summed E-state index contributed by atoms with van der Waals surface area (Å²) in [5.74, 6) is -0.837. The Kier molecular flexibility index (Phi) is 7.28. The first kappa shape index (κ1) is 16.0. The third-order valence-corrected chi connectivity index (χ3v) is 2.47. The molecule has 0 aromatic carbocycles. The summed E-state index contributed by atoms with van der Waals surface area (Å²) in [4.78, 5) is 15.3. The lowest BCUT2D eigenvalue weighted by atomic mass is 10.2. The van der Waals surface area contributed by atoms with Crippen molar-refractivity contribution in [2.45, 2.75) is 20.3 Å². The molecular formula is C14H22N2O2. The summed E-state index contributed by atoms with van der Waals surface area (Å²) in [6, 6.07) is 3.91. The minimum absolute atomic E-state index is 0.428. The fraction of sp³-hybridized carbons (Fsp3) is 0.357. The molecule has 0 fully saturated rings. The molecule has 1 aromatic rings. The molecule has 0 bridgehead atoms. The molecule has 1 heterocycles. The van der Waals surface area contributed by atoms with Gasteiger partial charge in [0.1, 0.15) is 0 Å². The van der Waals surface area contributed by atoms with Gasteiger partial charge in [0.25, 0.3) is 0 Å². The van der Waals surface area contributed by atoms with Crippen molar-refractivity contribution in [3.63, 3.8) is 0 Å². The summed E-state index contributed by atoms with van der Waals surface area (Å²) < 4.78 is 0. The number of carbonyl (C=O) groups is 1. The fourth-order valence-corrected chi connectivity index (χ4v) is 1.51. The van der Waals surface area contributed by atoms with Gasteiger partial charge in [0.15, 0.2) is 0 Å². The third kappa shape index (κ3) is 5.39. The molecule has 4 heteroatoms. The van der Waals surface area contributed by atoms with Gasteiger partial charge in [-0.05, 0) is 31.6 Å². The quantitative estimate of drug-likeness (QED) is 0.808. The Hall–Kier alpha value is -1.97. The lowest BCUT2D eigenvalue weighted by Gasteiger charge is -2.17. The third-order valence-electron chi connectivity index (χ3n) is 2.47. The molecule has 18 heavy (non-hydrogen) atoms. The van der Waals surface area contributed by atoms with Crippen LogP contribution in [0.4, 0.5) is 0 Å². The molecule has 0 atom stereocenters. The number of aromatic nitrogens is 1. The zero-order chi connectivity index (χ0) is 14.1. The van der Waals surface area contributed by atoms with Crippen molar-refractivity contribution in [1.82, 2.24) is 9.88 Å². The van der Waals surface area contributed by atoms with Crippen molar-refractivity contribution < 1.29 is 9.90 Å². The smallest absolute Gasteiger partial charge is 0.333 e. The Balaban J connectivity index is 0.000000351. The van der Waals surface area contributed by atoms with Gasteiger partial charge >= 0.3 is 5.97 Å². The van der Waals surface area contributed by atoms with Crippen LogP contribution < -0.4 is 0 Å². The number of carboxylic acid groups (broad SMARTS) is 1. The van der Waals surface area contributed by atoms with Crippen LogP contribution in [0.3, 0.4) is 0 Å². The maximum absolute atomic E-state index is 10.5. The first-order chi connectivity index (χ1) is 8.43. The van der Waals surface area contributed by atoms with Gasteiger partial charge < -0.3 is 15.0 Å². The lowest BCUT2D eigenvalue weighted by Crippen LogP contribution is -2.15. The molecule has 0 aliphatic rings. The minimum atomic E-state index is -0.837. The Labute approximate surface area is 109 Å². The number of hydrogen-bond acceptors (Lipinski definition) is 2. The molecule has 0 saturated carbocycles. The van der Waals surface area contributed by atoms with E-state index in [4.69, 9.17) is 5.11 Å². The van der Waals surface area contributed by atoms with E-state index in [2.05, 4.69) is 11.6 Å². The van der Waals surface area contributed by atoms with Gasteiger partial charge in [-0.1, -0.05) is 13.5 Å². The largest absolute Gasteiger partial charge is 0.478 e. The summed E-state index contributed by atoms with van der Waals surface area (Å²) in [6.07, 6.45) is 4.40. The van der Waals surface area contributed by atoms with Gasteiger partial charge in [0.2, 0.25) is 0 Å². The van der Waals surface area contributed by atoms with E-state index in [0.29, 0.717) is 5.57 Å². The number of rotatable bonds is 4. The normalized spacial score (nSPS) is 10.9. The number of allylic oxidation sites excluding steroid dienone is 1. The van der Waals surface area contributed by atoms with E-state index in [9.17, 15) is 4.79 Å². The van der Waals surface area contributed by atoms with E-state index in [0.717, 1.165) is 17.8 Å². The van der Waals surface area contributed by atoms with Crippen molar-refractivity contribution in [1.29, 1.82) is 0 Å². The molecule has 0 aliphatic carbocycles. The highest BCUT2D eigenvalue weighted by molar-refractivity contribution is 5.86. The Bertz CT molecular complexity index is 403. The van der Waals surface area contributed by atoms with Crippen LogP contribution in [0.15, 0.2) is 36.2 Å². The van der Waals surface area contributed by atoms with Crippen LogP contribution in [0, 0.1) is 0 Å². The second-order valence-corrected chi connectivity index (χ2v) is 3.95. The molecule has 0 saturated heterocycles. The molecule has 0 amide bonds. The maximum atomic E-state index is 10.5. The van der Waals surface area contributed by atoms with Gasteiger partial charge in [-0.25, -0.2) is 4.79 Å². The molecule has 2 N–H and O–H groups in total. The highest BCUT2D eigenvalue weighted by Crippen LogP contribution is 2.10. The van der Waals surface area contributed by atoms with E-state index >= 15 is 0 Å². The van der Waals surface area contributed by atoms with E-state index in [1.807, 2.05) is 44.2 Å². The van der Waals surface area contributed by atoms with E-state index in [1.165, 1.54) is 0 Å². The standard InChI is InChI=1S/C8H15NO2.C6H7N/c1-5-7(9(3)4)6(2)8(10)11;1-2-6-4-3-5-7-6/h5H2,1-4H3,(H,10,11);2-5,7H,1H2. The predicted octanol–water partition coefficient (Wildman–Crippen LogP) is 2.97. The minimum Gasteiger partial charge on any atom is -0.478 e. The first-order valence-corrected chi connectivity index (χ1v) is 5.80. The second-order valence-electron chi connectivity index (χ2n) is 3.95. The second kappa shape index (κ2) is 8.17.